The van der Waals surface area contributed by atoms with Gasteiger partial charge in [-0.3, -0.25) is 4.79 Å². The van der Waals surface area contributed by atoms with Gasteiger partial charge in [0.2, 0.25) is 5.90 Å². The summed E-state index contributed by atoms with van der Waals surface area (Å²) in [7, 11) is 0. The van der Waals surface area contributed by atoms with Gasteiger partial charge in [-0.05, 0) is 72.7 Å². The van der Waals surface area contributed by atoms with Gasteiger partial charge in [0.15, 0.2) is 11.6 Å². The molecule has 0 radical (unpaired) electrons. The fourth-order valence-electron chi connectivity index (χ4n) is 5.76. The first-order valence-corrected chi connectivity index (χ1v) is 15.6. The Morgan fingerprint density at radius 3 is 2.48 bits per heavy atom. The molecule has 3 aromatic rings. The Labute approximate surface area is 264 Å². The summed E-state index contributed by atoms with van der Waals surface area (Å²) >= 11 is 3.68. The van der Waals surface area contributed by atoms with E-state index in [1.165, 1.54) is 0 Å². The largest absolute Gasteiger partial charge is 0.494 e. The first-order chi connectivity index (χ1) is 21.4. The number of aliphatic imine (C=N–C) groups is 1. The zero-order valence-electron chi connectivity index (χ0n) is 24.3. The van der Waals surface area contributed by atoms with E-state index < -0.39 is 11.6 Å². The average Bonchev–Trinajstić information content (AvgIpc) is 3.42. The summed E-state index contributed by atoms with van der Waals surface area (Å²) < 4.78 is 13.1. The highest BCUT2D eigenvalue weighted by atomic mass is 79.9. The van der Waals surface area contributed by atoms with Gasteiger partial charge in [-0.25, -0.2) is 4.99 Å². The lowest BCUT2D eigenvalue weighted by molar-refractivity contribution is -0.130. The van der Waals surface area contributed by atoms with Gasteiger partial charge in [-0.2, -0.15) is 0 Å². The van der Waals surface area contributed by atoms with Crippen LogP contribution in [-0.2, 0) is 22.5 Å². The van der Waals surface area contributed by atoms with Crippen molar-refractivity contribution in [2.24, 2.45) is 10.1 Å². The van der Waals surface area contributed by atoms with E-state index in [0.29, 0.717) is 55.9 Å². The molecule has 1 heterocycles. The number of carbonyl (C=O) groups is 1. The van der Waals surface area contributed by atoms with E-state index in [2.05, 4.69) is 31.3 Å². The van der Waals surface area contributed by atoms with Gasteiger partial charge in [0.25, 0.3) is 5.91 Å². The summed E-state index contributed by atoms with van der Waals surface area (Å²) in [5.41, 5.74) is 10.7. The molecule has 0 unspecified atom stereocenters. The SMILES string of the molecule is [N-]=[N+]=NCc1ccccc1C[C@@]1(C(=O)NC2CCC(O)CC2)N=C(c2ccc(OCCCO)cc2)O[C@@H]1c1ccccc1Br. The van der Waals surface area contributed by atoms with Crippen LogP contribution in [0.5, 0.6) is 5.75 Å². The third kappa shape index (κ3) is 7.25. The van der Waals surface area contributed by atoms with Crippen molar-refractivity contribution in [1.82, 2.24) is 5.32 Å². The topological polar surface area (TPSA) is 149 Å². The summed E-state index contributed by atoms with van der Waals surface area (Å²) in [5.74, 6) is 0.713. The van der Waals surface area contributed by atoms with Crippen LogP contribution < -0.4 is 10.1 Å². The number of ether oxygens (including phenoxy) is 2. The zero-order chi connectivity index (χ0) is 30.9. The quantitative estimate of drug-likeness (QED) is 0.0950. The predicted octanol–water partition coefficient (Wildman–Crippen LogP) is 5.94. The van der Waals surface area contributed by atoms with E-state index in [-0.39, 0.29) is 37.6 Å². The third-order valence-electron chi connectivity index (χ3n) is 8.13. The molecule has 2 aliphatic rings. The normalized spacial score (nSPS) is 22.8. The number of rotatable bonds is 12. The van der Waals surface area contributed by atoms with E-state index in [1.54, 1.807) is 0 Å². The summed E-state index contributed by atoms with van der Waals surface area (Å²) in [4.78, 5) is 22.7. The van der Waals surface area contributed by atoms with Crippen molar-refractivity contribution >= 4 is 27.7 Å². The van der Waals surface area contributed by atoms with Gasteiger partial charge < -0.3 is 25.0 Å². The number of amides is 1. The lowest BCUT2D eigenvalue weighted by Gasteiger charge is -2.34. The van der Waals surface area contributed by atoms with Crippen LogP contribution in [0.1, 0.15) is 60.5 Å². The maximum Gasteiger partial charge on any atom is 0.252 e. The van der Waals surface area contributed by atoms with Crippen LogP contribution in [0, 0.1) is 0 Å². The van der Waals surface area contributed by atoms with Gasteiger partial charge in [0.05, 0.1) is 19.3 Å². The van der Waals surface area contributed by atoms with Crippen molar-refractivity contribution < 1.29 is 24.5 Å². The number of nitrogens with zero attached hydrogens (tertiary/aromatic N) is 4. The molecule has 1 aliphatic carbocycles. The van der Waals surface area contributed by atoms with Gasteiger partial charge in [0.1, 0.15) is 5.75 Å². The highest BCUT2D eigenvalue weighted by Crippen LogP contribution is 2.45. The van der Waals surface area contributed by atoms with Crippen LogP contribution in [0.3, 0.4) is 0 Å². The minimum absolute atomic E-state index is 0.0523. The molecule has 1 fully saturated rings. The number of carbonyl (C=O) groups excluding carboxylic acids is 1. The van der Waals surface area contributed by atoms with Crippen molar-refractivity contribution in [1.29, 1.82) is 0 Å². The van der Waals surface area contributed by atoms with Crippen LogP contribution in [0.15, 0.2) is 87.4 Å². The van der Waals surface area contributed by atoms with Crippen LogP contribution in [-0.4, -0.2) is 52.9 Å². The van der Waals surface area contributed by atoms with Crippen molar-refractivity contribution in [3.05, 3.63) is 110 Å². The third-order valence-corrected chi connectivity index (χ3v) is 8.85. The minimum Gasteiger partial charge on any atom is -0.494 e. The summed E-state index contributed by atoms with van der Waals surface area (Å²) in [6, 6.07) is 22.5. The molecule has 0 bridgehead atoms. The van der Waals surface area contributed by atoms with Gasteiger partial charge >= 0.3 is 0 Å². The second kappa shape index (κ2) is 14.7. The lowest BCUT2D eigenvalue weighted by atomic mass is 9.80. The molecule has 0 aromatic heterocycles. The molecular formula is C33H36BrN5O5. The van der Waals surface area contributed by atoms with Crippen molar-refractivity contribution in [2.75, 3.05) is 13.2 Å². The molecule has 1 amide bonds. The van der Waals surface area contributed by atoms with E-state index in [4.69, 9.17) is 25.1 Å². The molecule has 3 aromatic carbocycles. The van der Waals surface area contributed by atoms with E-state index in [9.17, 15) is 9.90 Å². The number of azide groups is 1. The summed E-state index contributed by atoms with van der Waals surface area (Å²) in [6.07, 6.45) is 2.18. The average molecular weight is 663 g/mol. The Bertz CT molecular complexity index is 1520. The van der Waals surface area contributed by atoms with Crippen molar-refractivity contribution in [2.45, 2.75) is 68.9 Å². The summed E-state index contributed by atoms with van der Waals surface area (Å²) in [5, 5.41) is 26.2. The minimum atomic E-state index is -1.40. The molecule has 44 heavy (non-hydrogen) atoms. The van der Waals surface area contributed by atoms with Crippen LogP contribution in [0.2, 0.25) is 0 Å². The number of hydrogen-bond donors (Lipinski definition) is 3. The second-order valence-electron chi connectivity index (χ2n) is 11.1. The van der Waals surface area contributed by atoms with Crippen LogP contribution >= 0.6 is 15.9 Å². The second-order valence-corrected chi connectivity index (χ2v) is 12.0. The van der Waals surface area contributed by atoms with Gasteiger partial charge in [-0.15, -0.1) is 0 Å². The molecule has 1 aliphatic heterocycles. The molecular weight excluding hydrogens is 626 g/mol. The van der Waals surface area contributed by atoms with Gasteiger partial charge in [0, 0.05) is 46.0 Å². The maximum atomic E-state index is 14.6. The molecule has 0 saturated heterocycles. The molecule has 10 nitrogen and oxygen atoms in total. The number of nitrogens with one attached hydrogen (secondary N) is 1. The molecule has 3 N–H and O–H groups in total. The molecule has 0 spiro atoms. The lowest BCUT2D eigenvalue weighted by Crippen LogP contribution is -2.53. The number of halogens is 1. The fourth-order valence-corrected chi connectivity index (χ4v) is 6.25. The van der Waals surface area contributed by atoms with E-state index in [1.807, 2.05) is 72.8 Å². The fraction of sp³-hybridized carbons (Fsp3) is 0.394. The molecule has 11 heteroatoms. The van der Waals surface area contributed by atoms with Crippen LogP contribution in [0.4, 0.5) is 0 Å². The number of hydrogen-bond acceptors (Lipinski definition) is 7. The molecule has 230 valence electrons. The Balaban J connectivity index is 1.59. The Morgan fingerprint density at radius 2 is 1.77 bits per heavy atom. The smallest absolute Gasteiger partial charge is 0.252 e. The summed E-state index contributed by atoms with van der Waals surface area (Å²) in [6.45, 7) is 0.588. The number of aliphatic hydroxyl groups excluding tert-OH is 2. The Hall–Kier alpha value is -3.89. The first-order valence-electron chi connectivity index (χ1n) is 14.8. The standard InChI is InChI=1S/C33H36BrN5O5/c34-29-9-4-3-8-28(29)30-33(32(42)37-25-12-14-26(41)15-13-25,20-23-6-1-2-7-24(23)21-36-39-35)38-31(44-30)22-10-16-27(17-11-22)43-19-5-18-40/h1-4,6-11,16-17,25-26,30,40-41H,5,12-15,18-21H2,(H,37,42)/t25?,26?,30-,33-/m1/s1. The number of aliphatic hydroxyl groups is 2. The van der Waals surface area contributed by atoms with Gasteiger partial charge in [-0.1, -0.05) is 63.5 Å². The monoisotopic (exact) mass is 661 g/mol. The first kappa shape index (κ1) is 31.5. The Kier molecular flexibility index (Phi) is 10.6. The zero-order valence-corrected chi connectivity index (χ0v) is 25.9. The van der Waals surface area contributed by atoms with E-state index >= 15 is 0 Å². The highest BCUT2D eigenvalue weighted by molar-refractivity contribution is 9.10. The maximum absolute atomic E-state index is 14.6. The highest BCUT2D eigenvalue weighted by Gasteiger charge is 2.54. The van der Waals surface area contributed by atoms with E-state index in [0.717, 1.165) is 21.2 Å². The van der Waals surface area contributed by atoms with Crippen molar-refractivity contribution in [3.63, 3.8) is 0 Å². The van der Waals surface area contributed by atoms with Crippen LogP contribution in [0.25, 0.3) is 10.4 Å². The molecule has 2 atom stereocenters. The Morgan fingerprint density at radius 1 is 1.07 bits per heavy atom. The predicted molar refractivity (Wildman–Crippen MR) is 170 cm³/mol. The number of benzene rings is 3. The van der Waals surface area contributed by atoms with Crippen molar-refractivity contribution in [3.8, 4) is 5.75 Å². The molecule has 1 saturated carbocycles. The molecule has 5 rings (SSSR count).